The number of rotatable bonds is 4. The highest BCUT2D eigenvalue weighted by molar-refractivity contribution is 6.30. The van der Waals surface area contributed by atoms with Crippen LogP contribution >= 0.6 is 11.6 Å². The Hall–Kier alpha value is -2.56. The van der Waals surface area contributed by atoms with E-state index in [1.165, 1.54) is 0 Å². The third-order valence-electron chi connectivity index (χ3n) is 4.09. The highest BCUT2D eigenvalue weighted by atomic mass is 35.5. The maximum Gasteiger partial charge on any atom is 0.226 e. The van der Waals surface area contributed by atoms with E-state index < -0.39 is 0 Å². The summed E-state index contributed by atoms with van der Waals surface area (Å²) in [5.41, 5.74) is 3.74. The fourth-order valence-corrected chi connectivity index (χ4v) is 2.98. The number of benzene rings is 2. The Bertz CT molecular complexity index is 986. The standard InChI is InChI=1S/C19H15ClN2O2/c20-16-7-5-13(6-8-16)9-15-12-24-19(17(15)11-23)22-18-4-2-1-3-14(18)10-21-22/h1-8,10,12,23H,9,11H2. The van der Waals surface area contributed by atoms with Crippen molar-refractivity contribution in [3.63, 3.8) is 0 Å². The first-order valence-electron chi connectivity index (χ1n) is 7.64. The molecule has 0 radical (unpaired) electrons. The fourth-order valence-electron chi connectivity index (χ4n) is 2.86. The smallest absolute Gasteiger partial charge is 0.226 e. The Labute approximate surface area is 143 Å². The van der Waals surface area contributed by atoms with Crippen molar-refractivity contribution in [1.29, 1.82) is 0 Å². The lowest BCUT2D eigenvalue weighted by Gasteiger charge is -2.05. The van der Waals surface area contributed by atoms with E-state index in [1.54, 1.807) is 17.1 Å². The Morgan fingerprint density at radius 3 is 2.67 bits per heavy atom. The fraction of sp³-hybridized carbons (Fsp3) is 0.105. The van der Waals surface area contributed by atoms with Crippen LogP contribution in [-0.4, -0.2) is 14.9 Å². The van der Waals surface area contributed by atoms with E-state index in [9.17, 15) is 5.11 Å². The summed E-state index contributed by atoms with van der Waals surface area (Å²) in [7, 11) is 0. The van der Waals surface area contributed by atoms with Crippen molar-refractivity contribution in [3.05, 3.63) is 82.7 Å². The van der Waals surface area contributed by atoms with Crippen molar-refractivity contribution in [2.24, 2.45) is 0 Å². The zero-order chi connectivity index (χ0) is 16.5. The lowest BCUT2D eigenvalue weighted by molar-refractivity contribution is 0.279. The molecule has 0 saturated carbocycles. The molecule has 0 aliphatic rings. The van der Waals surface area contributed by atoms with Crippen molar-refractivity contribution in [3.8, 4) is 5.88 Å². The molecule has 120 valence electrons. The zero-order valence-corrected chi connectivity index (χ0v) is 13.6. The molecule has 0 bridgehead atoms. The van der Waals surface area contributed by atoms with Crippen LogP contribution in [0, 0.1) is 0 Å². The second-order valence-electron chi connectivity index (χ2n) is 5.62. The predicted octanol–water partition coefficient (Wildman–Crippen LogP) is 4.36. The SMILES string of the molecule is OCc1c(Cc2ccc(Cl)cc2)coc1-n1ncc2ccccc21. The van der Waals surface area contributed by atoms with Crippen LogP contribution in [0.15, 0.2) is 65.4 Å². The van der Waals surface area contributed by atoms with Gasteiger partial charge in [-0.05, 0) is 23.8 Å². The molecule has 5 heteroatoms. The van der Waals surface area contributed by atoms with Gasteiger partial charge in [-0.2, -0.15) is 9.78 Å². The summed E-state index contributed by atoms with van der Waals surface area (Å²) in [5.74, 6) is 0.558. The molecule has 0 atom stereocenters. The van der Waals surface area contributed by atoms with E-state index in [-0.39, 0.29) is 6.61 Å². The van der Waals surface area contributed by atoms with E-state index in [0.717, 1.165) is 27.6 Å². The number of aliphatic hydroxyl groups excluding tert-OH is 1. The summed E-state index contributed by atoms with van der Waals surface area (Å²) >= 11 is 5.93. The van der Waals surface area contributed by atoms with Crippen molar-refractivity contribution < 1.29 is 9.52 Å². The summed E-state index contributed by atoms with van der Waals surface area (Å²) in [6.07, 6.45) is 4.14. The van der Waals surface area contributed by atoms with Crippen LogP contribution in [0.5, 0.6) is 0 Å². The Morgan fingerprint density at radius 1 is 1.08 bits per heavy atom. The molecule has 0 amide bonds. The van der Waals surface area contributed by atoms with Gasteiger partial charge in [0.15, 0.2) is 0 Å². The summed E-state index contributed by atoms with van der Waals surface area (Å²) in [6.45, 7) is -0.108. The Kier molecular flexibility index (Phi) is 3.84. The molecule has 1 N–H and O–H groups in total. The molecule has 24 heavy (non-hydrogen) atoms. The molecule has 0 aliphatic carbocycles. The number of aliphatic hydroxyl groups is 1. The quantitative estimate of drug-likeness (QED) is 0.601. The Morgan fingerprint density at radius 2 is 1.88 bits per heavy atom. The molecule has 0 unspecified atom stereocenters. The van der Waals surface area contributed by atoms with Crippen LogP contribution < -0.4 is 0 Å². The number of hydrogen-bond donors (Lipinski definition) is 1. The number of hydrogen-bond acceptors (Lipinski definition) is 3. The van der Waals surface area contributed by atoms with Gasteiger partial charge in [-0.25, -0.2) is 0 Å². The monoisotopic (exact) mass is 338 g/mol. The number of fused-ring (bicyclic) bond motifs is 1. The van der Waals surface area contributed by atoms with E-state index >= 15 is 0 Å². The van der Waals surface area contributed by atoms with Crippen LogP contribution in [0.4, 0.5) is 0 Å². The van der Waals surface area contributed by atoms with Crippen molar-refractivity contribution in [2.75, 3.05) is 0 Å². The van der Waals surface area contributed by atoms with E-state index in [4.69, 9.17) is 16.0 Å². The van der Waals surface area contributed by atoms with Crippen molar-refractivity contribution in [1.82, 2.24) is 9.78 Å². The van der Waals surface area contributed by atoms with Gasteiger partial charge in [-0.3, -0.25) is 0 Å². The minimum Gasteiger partial charge on any atom is -0.446 e. The number of furan rings is 1. The summed E-state index contributed by atoms with van der Waals surface area (Å²) in [5, 5.41) is 16.0. The van der Waals surface area contributed by atoms with Crippen LogP contribution in [0.25, 0.3) is 16.8 Å². The van der Waals surface area contributed by atoms with Gasteiger partial charge in [0.05, 0.1) is 24.6 Å². The largest absolute Gasteiger partial charge is 0.446 e. The molecule has 0 fully saturated rings. The molecule has 2 heterocycles. The molecule has 4 aromatic rings. The second-order valence-corrected chi connectivity index (χ2v) is 6.06. The molecule has 2 aromatic carbocycles. The molecule has 2 aromatic heterocycles. The van der Waals surface area contributed by atoms with E-state index in [0.29, 0.717) is 17.3 Å². The number of para-hydroxylation sites is 1. The van der Waals surface area contributed by atoms with Gasteiger partial charge in [-0.1, -0.05) is 41.9 Å². The lowest BCUT2D eigenvalue weighted by Crippen LogP contribution is -2.00. The number of halogens is 1. The molecule has 4 rings (SSSR count). The van der Waals surface area contributed by atoms with Gasteiger partial charge in [0.1, 0.15) is 0 Å². The highest BCUT2D eigenvalue weighted by Crippen LogP contribution is 2.27. The van der Waals surface area contributed by atoms with Gasteiger partial charge >= 0.3 is 0 Å². The zero-order valence-electron chi connectivity index (χ0n) is 12.8. The average Bonchev–Trinajstić information content (AvgIpc) is 3.20. The lowest BCUT2D eigenvalue weighted by atomic mass is 10.0. The van der Waals surface area contributed by atoms with Crippen molar-refractivity contribution >= 4 is 22.5 Å². The maximum atomic E-state index is 9.86. The maximum absolute atomic E-state index is 9.86. The van der Waals surface area contributed by atoms with Crippen LogP contribution in [0.1, 0.15) is 16.7 Å². The minimum absolute atomic E-state index is 0.108. The first-order valence-corrected chi connectivity index (χ1v) is 8.02. The van der Waals surface area contributed by atoms with E-state index in [1.807, 2.05) is 48.5 Å². The minimum atomic E-state index is -0.108. The third kappa shape index (κ3) is 2.60. The van der Waals surface area contributed by atoms with E-state index in [2.05, 4.69) is 5.10 Å². The van der Waals surface area contributed by atoms with Crippen LogP contribution in [0.2, 0.25) is 5.02 Å². The van der Waals surface area contributed by atoms with Gasteiger partial charge in [-0.15, -0.1) is 0 Å². The molecular weight excluding hydrogens is 324 g/mol. The van der Waals surface area contributed by atoms with Gasteiger partial charge < -0.3 is 9.52 Å². The van der Waals surface area contributed by atoms with Gasteiger partial charge in [0.25, 0.3) is 0 Å². The summed E-state index contributed by atoms with van der Waals surface area (Å²) < 4.78 is 7.48. The third-order valence-corrected chi connectivity index (χ3v) is 4.35. The van der Waals surface area contributed by atoms with Gasteiger partial charge in [0.2, 0.25) is 5.88 Å². The number of aromatic nitrogens is 2. The second kappa shape index (κ2) is 6.15. The average molecular weight is 339 g/mol. The first kappa shape index (κ1) is 15.0. The Balaban J connectivity index is 1.75. The van der Waals surface area contributed by atoms with Crippen LogP contribution in [0.3, 0.4) is 0 Å². The van der Waals surface area contributed by atoms with Gasteiger partial charge in [0, 0.05) is 28.0 Å². The molecular formula is C19H15ClN2O2. The highest BCUT2D eigenvalue weighted by Gasteiger charge is 2.17. The first-order chi connectivity index (χ1) is 11.8. The summed E-state index contributed by atoms with van der Waals surface area (Å²) in [4.78, 5) is 0. The normalized spacial score (nSPS) is 11.2. The topological polar surface area (TPSA) is 51.2 Å². The van der Waals surface area contributed by atoms with Crippen LogP contribution in [-0.2, 0) is 13.0 Å². The summed E-state index contributed by atoms with van der Waals surface area (Å²) in [6, 6.07) is 15.6. The number of nitrogens with zero attached hydrogens (tertiary/aromatic N) is 2. The molecule has 0 spiro atoms. The molecule has 0 saturated heterocycles. The van der Waals surface area contributed by atoms with Crippen molar-refractivity contribution in [2.45, 2.75) is 13.0 Å². The predicted molar refractivity (Wildman–Crippen MR) is 93.5 cm³/mol. The molecule has 0 aliphatic heterocycles. The molecule has 4 nitrogen and oxygen atoms in total.